The maximum absolute atomic E-state index is 12.4. The molecule has 0 aromatic rings. The summed E-state index contributed by atoms with van der Waals surface area (Å²) < 4.78 is 0.290. The van der Waals surface area contributed by atoms with Gasteiger partial charge in [0.1, 0.15) is 0 Å². The van der Waals surface area contributed by atoms with Gasteiger partial charge in [0, 0.05) is 23.5 Å². The summed E-state index contributed by atoms with van der Waals surface area (Å²) in [5, 5.41) is 3.16. The van der Waals surface area contributed by atoms with Gasteiger partial charge in [0.15, 0.2) is 0 Å². The highest BCUT2D eigenvalue weighted by Crippen LogP contribution is 2.60. The van der Waals surface area contributed by atoms with Crippen molar-refractivity contribution < 1.29 is 4.79 Å². The first-order valence-electron chi connectivity index (χ1n) is 13.9. The second-order valence-electron chi connectivity index (χ2n) is 12.6. The van der Waals surface area contributed by atoms with Gasteiger partial charge in [-0.2, -0.15) is 0 Å². The second-order valence-corrected chi connectivity index (χ2v) is 15.9. The number of carbonyl (C=O) groups is 1. The van der Waals surface area contributed by atoms with Crippen LogP contribution in [0.25, 0.3) is 0 Å². The quantitative estimate of drug-likeness (QED) is 0.283. The van der Waals surface area contributed by atoms with Crippen LogP contribution in [-0.4, -0.2) is 23.0 Å². The molecule has 4 aliphatic carbocycles. The number of amides is 1. The predicted molar refractivity (Wildman–Crippen MR) is 142 cm³/mol. The summed E-state index contributed by atoms with van der Waals surface area (Å²) in [5.74, 6) is 9.16. The molecule has 4 aliphatic rings. The Balaban J connectivity index is 1.19. The number of fused-ring (bicyclic) bond motifs is 5. The van der Waals surface area contributed by atoms with Crippen molar-refractivity contribution in [3.63, 3.8) is 0 Å². The molecular formula is C28H49NOS2. The predicted octanol–water partition coefficient (Wildman–Crippen LogP) is 7.97. The van der Waals surface area contributed by atoms with Gasteiger partial charge in [0.2, 0.25) is 5.91 Å². The third kappa shape index (κ3) is 6.23. The minimum Gasteiger partial charge on any atom is -0.355 e. The highest BCUT2D eigenvalue weighted by molar-refractivity contribution is 8.77. The minimum atomic E-state index is 0.270. The molecule has 32 heavy (non-hydrogen) atoms. The van der Waals surface area contributed by atoms with E-state index >= 15 is 0 Å². The van der Waals surface area contributed by atoms with E-state index in [0.717, 1.165) is 66.6 Å². The summed E-state index contributed by atoms with van der Waals surface area (Å²) in [6, 6.07) is 0. The van der Waals surface area contributed by atoms with E-state index in [2.05, 4.69) is 33.0 Å². The third-order valence-electron chi connectivity index (χ3n) is 9.63. The van der Waals surface area contributed by atoms with E-state index in [1.165, 1.54) is 44.9 Å². The van der Waals surface area contributed by atoms with Crippen molar-refractivity contribution in [2.24, 2.45) is 47.3 Å². The normalized spacial score (nSPS) is 37.8. The Labute approximate surface area is 206 Å². The molecule has 0 aromatic heterocycles. The van der Waals surface area contributed by atoms with Crippen molar-refractivity contribution in [1.29, 1.82) is 0 Å². The molecule has 4 saturated carbocycles. The lowest BCUT2D eigenvalue weighted by Gasteiger charge is -2.52. The zero-order chi connectivity index (χ0) is 22.7. The lowest BCUT2D eigenvalue weighted by atomic mass is 9.53. The number of nitrogens with one attached hydrogen (secondary N) is 1. The maximum atomic E-state index is 12.4. The summed E-state index contributed by atoms with van der Waals surface area (Å²) in [6.07, 6.45) is 17.0. The van der Waals surface area contributed by atoms with Gasteiger partial charge in [0.25, 0.3) is 0 Å². The molecule has 1 amide bonds. The number of hydrogen-bond acceptors (Lipinski definition) is 3. The molecule has 0 aliphatic heterocycles. The molecule has 1 N–H and O–H groups in total. The Morgan fingerprint density at radius 1 is 0.875 bits per heavy atom. The summed E-state index contributed by atoms with van der Waals surface area (Å²) in [5.41, 5.74) is 0. The summed E-state index contributed by atoms with van der Waals surface area (Å²) in [7, 11) is 3.79. The first kappa shape index (κ1) is 25.3. The molecule has 4 rings (SSSR count). The monoisotopic (exact) mass is 479 g/mol. The van der Waals surface area contributed by atoms with Crippen LogP contribution in [0.5, 0.6) is 0 Å². The zero-order valence-electron chi connectivity index (χ0n) is 21.2. The van der Waals surface area contributed by atoms with Crippen molar-refractivity contribution in [2.75, 3.05) is 12.3 Å². The summed E-state index contributed by atoms with van der Waals surface area (Å²) in [4.78, 5) is 12.4. The van der Waals surface area contributed by atoms with Crippen molar-refractivity contribution in [2.45, 2.75) is 109 Å². The Morgan fingerprint density at radius 2 is 1.53 bits per heavy atom. The molecule has 0 aromatic carbocycles. The molecule has 5 unspecified atom stereocenters. The molecule has 4 heteroatoms. The van der Waals surface area contributed by atoms with Gasteiger partial charge in [0.05, 0.1) is 0 Å². The Morgan fingerprint density at radius 3 is 2.34 bits per heavy atom. The molecular weight excluding hydrogens is 430 g/mol. The minimum absolute atomic E-state index is 0.270. The molecule has 4 fully saturated rings. The highest BCUT2D eigenvalue weighted by atomic mass is 33.1. The van der Waals surface area contributed by atoms with Crippen LogP contribution >= 0.6 is 21.6 Å². The van der Waals surface area contributed by atoms with Crippen molar-refractivity contribution in [1.82, 2.24) is 5.32 Å². The van der Waals surface area contributed by atoms with Gasteiger partial charge in [-0.3, -0.25) is 4.79 Å². The number of rotatable bonds is 8. The molecule has 0 saturated heterocycles. The van der Waals surface area contributed by atoms with Gasteiger partial charge in [-0.1, -0.05) is 68.5 Å². The van der Waals surface area contributed by atoms with Crippen molar-refractivity contribution in [3.8, 4) is 0 Å². The van der Waals surface area contributed by atoms with Crippen LogP contribution in [-0.2, 0) is 4.79 Å². The van der Waals surface area contributed by atoms with E-state index in [-0.39, 0.29) is 10.7 Å². The fourth-order valence-corrected chi connectivity index (χ4v) is 10.5. The van der Waals surface area contributed by atoms with Crippen LogP contribution in [0.3, 0.4) is 0 Å². The average molecular weight is 480 g/mol. The average Bonchev–Trinajstić information content (AvgIpc) is 3.21. The molecule has 2 nitrogen and oxygen atoms in total. The maximum Gasteiger partial charge on any atom is 0.220 e. The molecule has 0 radical (unpaired) electrons. The highest BCUT2D eigenvalue weighted by Gasteiger charge is 2.51. The lowest BCUT2D eigenvalue weighted by molar-refractivity contribution is -0.121. The molecule has 0 spiro atoms. The van der Waals surface area contributed by atoms with Gasteiger partial charge in [-0.05, 0) is 98.7 Å². The third-order valence-corrected chi connectivity index (χ3v) is 13.0. The van der Waals surface area contributed by atoms with E-state index in [1.54, 1.807) is 19.3 Å². The van der Waals surface area contributed by atoms with E-state index < -0.39 is 0 Å². The van der Waals surface area contributed by atoms with Crippen LogP contribution < -0.4 is 5.32 Å². The van der Waals surface area contributed by atoms with E-state index in [9.17, 15) is 4.79 Å². The Hall–Kier alpha value is 0.170. The summed E-state index contributed by atoms with van der Waals surface area (Å²) in [6.45, 7) is 9.99. The van der Waals surface area contributed by atoms with Crippen LogP contribution in [0.15, 0.2) is 0 Å². The second kappa shape index (κ2) is 11.3. The Bertz CT molecular complexity index is 617. The van der Waals surface area contributed by atoms with Crippen LogP contribution in [0.1, 0.15) is 105 Å². The topological polar surface area (TPSA) is 29.1 Å². The van der Waals surface area contributed by atoms with Gasteiger partial charge in [-0.15, -0.1) is 0 Å². The summed E-state index contributed by atoms with van der Waals surface area (Å²) >= 11 is 0. The fraction of sp³-hybridized carbons (Fsp3) is 0.964. The zero-order valence-corrected chi connectivity index (χ0v) is 22.9. The number of hydrogen-bond donors (Lipinski definition) is 1. The molecule has 0 heterocycles. The standard InChI is InChI=1S/C28H49NOS2/c1-19(9-16-27(30)29-17-18-31-32-28(2,3)4)21-12-13-26-23(21)14-15-24-22-8-6-5-7-20(22)10-11-25(24)26/h19-26H,5-18H2,1-4H3,(H,29,30)/t19-,20?,21-,22?,23?,24-,25?,26?/m1/s1. The first-order chi connectivity index (χ1) is 15.3. The molecule has 184 valence electrons. The largest absolute Gasteiger partial charge is 0.355 e. The van der Waals surface area contributed by atoms with Crippen LogP contribution in [0.2, 0.25) is 0 Å². The van der Waals surface area contributed by atoms with E-state index in [0.29, 0.717) is 5.92 Å². The fourth-order valence-electron chi connectivity index (χ4n) is 8.35. The smallest absolute Gasteiger partial charge is 0.220 e. The van der Waals surface area contributed by atoms with Gasteiger partial charge < -0.3 is 5.32 Å². The first-order valence-corrected chi connectivity index (χ1v) is 16.2. The van der Waals surface area contributed by atoms with Crippen molar-refractivity contribution in [3.05, 3.63) is 0 Å². The lowest BCUT2D eigenvalue weighted by Crippen LogP contribution is -2.44. The molecule has 8 atom stereocenters. The van der Waals surface area contributed by atoms with E-state index in [4.69, 9.17) is 0 Å². The Kier molecular flexibility index (Phi) is 8.90. The van der Waals surface area contributed by atoms with Crippen LogP contribution in [0.4, 0.5) is 0 Å². The van der Waals surface area contributed by atoms with Gasteiger partial charge in [-0.25, -0.2) is 0 Å². The number of carbonyl (C=O) groups excluding carboxylic acids is 1. The van der Waals surface area contributed by atoms with E-state index in [1.807, 2.05) is 21.6 Å². The van der Waals surface area contributed by atoms with Crippen LogP contribution in [0, 0.1) is 47.3 Å². The van der Waals surface area contributed by atoms with Gasteiger partial charge >= 0.3 is 0 Å². The SMILES string of the molecule is C[C@H](CCC(=O)NCCSSC(C)(C)C)[C@H]1CCC2C3CCC4CCCCC4[C@H]3CCC21. The van der Waals surface area contributed by atoms with Crippen molar-refractivity contribution >= 4 is 27.5 Å². The molecule has 0 bridgehead atoms.